The number of aryl methyl sites for hydroxylation is 1. The quantitative estimate of drug-likeness (QED) is 0.724. The van der Waals surface area contributed by atoms with Gasteiger partial charge in [0.15, 0.2) is 10.9 Å². The van der Waals surface area contributed by atoms with Crippen LogP contribution in [0.1, 0.15) is 32.6 Å². The van der Waals surface area contributed by atoms with E-state index in [1.54, 1.807) is 31.2 Å². The van der Waals surface area contributed by atoms with Crippen LogP contribution in [-0.4, -0.2) is 21.7 Å². The molecular formula is C16H13N3O3S. The molecule has 0 unspecified atom stereocenters. The van der Waals surface area contributed by atoms with Crippen LogP contribution in [0.4, 0.5) is 5.13 Å². The fraction of sp³-hybridized carbons (Fsp3) is 0.125. The van der Waals surface area contributed by atoms with Gasteiger partial charge in [0.05, 0.1) is 16.1 Å². The van der Waals surface area contributed by atoms with Gasteiger partial charge in [0.25, 0.3) is 5.91 Å². The van der Waals surface area contributed by atoms with E-state index in [2.05, 4.69) is 15.3 Å². The van der Waals surface area contributed by atoms with E-state index < -0.39 is 5.91 Å². The maximum absolute atomic E-state index is 12.5. The van der Waals surface area contributed by atoms with Gasteiger partial charge in [-0.3, -0.25) is 19.7 Å². The van der Waals surface area contributed by atoms with Gasteiger partial charge in [-0.1, -0.05) is 29.5 Å². The number of carbonyl (C=O) groups excluding carboxylic acids is 2. The lowest BCUT2D eigenvalue weighted by Crippen LogP contribution is -2.16. The second kappa shape index (κ2) is 5.77. The van der Waals surface area contributed by atoms with E-state index in [0.717, 1.165) is 11.3 Å². The van der Waals surface area contributed by atoms with Gasteiger partial charge in [-0.25, -0.2) is 4.98 Å². The highest BCUT2D eigenvalue weighted by molar-refractivity contribution is 7.17. The number of amides is 1. The van der Waals surface area contributed by atoms with Gasteiger partial charge in [-0.2, -0.15) is 0 Å². The minimum absolute atomic E-state index is 0.0953. The number of Topliss-reactive ketones (excluding diaryl/α,β-unsaturated/α-hetero) is 1. The van der Waals surface area contributed by atoms with Crippen molar-refractivity contribution < 1.29 is 9.59 Å². The van der Waals surface area contributed by atoms with Crippen molar-refractivity contribution in [2.75, 3.05) is 5.32 Å². The molecule has 0 spiro atoms. The zero-order valence-corrected chi connectivity index (χ0v) is 13.3. The zero-order chi connectivity index (χ0) is 16.6. The topological polar surface area (TPSA) is 91.9 Å². The Morgan fingerprint density at radius 1 is 1.26 bits per heavy atom. The molecule has 1 aromatic carbocycles. The fourth-order valence-electron chi connectivity index (χ4n) is 2.33. The number of H-pyrrole nitrogens is 1. The number of hydrogen-bond acceptors (Lipinski definition) is 5. The van der Waals surface area contributed by atoms with E-state index in [9.17, 15) is 14.4 Å². The monoisotopic (exact) mass is 327 g/mol. The normalized spacial score (nSPS) is 10.7. The minimum atomic E-state index is -0.434. The summed E-state index contributed by atoms with van der Waals surface area (Å²) in [5.41, 5.74) is 1.08. The summed E-state index contributed by atoms with van der Waals surface area (Å²) in [6, 6.07) is 8.31. The average Bonchev–Trinajstić information content (AvgIpc) is 2.87. The predicted octanol–water partition coefficient (Wildman–Crippen LogP) is 2.75. The molecule has 6 nitrogen and oxygen atoms in total. The molecule has 0 fully saturated rings. The Labute approximate surface area is 135 Å². The number of aromatic amines is 1. The molecule has 2 heterocycles. The SMILES string of the molecule is CC(=O)c1sc(NC(=O)c2cc(=O)[nH]c3ccccc23)nc1C. The van der Waals surface area contributed by atoms with E-state index >= 15 is 0 Å². The van der Waals surface area contributed by atoms with Gasteiger partial charge >= 0.3 is 0 Å². The third-order valence-corrected chi connectivity index (χ3v) is 4.51. The molecule has 0 aliphatic carbocycles. The van der Waals surface area contributed by atoms with Crippen LogP contribution in [0.3, 0.4) is 0 Å². The molecule has 0 radical (unpaired) electrons. The Morgan fingerprint density at radius 2 is 2.00 bits per heavy atom. The van der Waals surface area contributed by atoms with Crippen LogP contribution in [0, 0.1) is 6.92 Å². The zero-order valence-electron chi connectivity index (χ0n) is 12.5. The second-order valence-electron chi connectivity index (χ2n) is 5.04. The van der Waals surface area contributed by atoms with Crippen molar-refractivity contribution >= 4 is 39.1 Å². The van der Waals surface area contributed by atoms with E-state index in [-0.39, 0.29) is 16.9 Å². The molecule has 3 aromatic rings. The predicted molar refractivity (Wildman–Crippen MR) is 89.4 cm³/mol. The molecule has 0 aliphatic heterocycles. The Kier molecular flexibility index (Phi) is 3.79. The first-order chi connectivity index (χ1) is 11.0. The summed E-state index contributed by atoms with van der Waals surface area (Å²) < 4.78 is 0. The highest BCUT2D eigenvalue weighted by Crippen LogP contribution is 2.24. The molecule has 0 saturated carbocycles. The Balaban J connectivity index is 2.00. The van der Waals surface area contributed by atoms with Crippen LogP contribution in [0.25, 0.3) is 10.9 Å². The number of nitrogens with one attached hydrogen (secondary N) is 2. The number of aromatic nitrogens is 2. The number of benzene rings is 1. The van der Waals surface area contributed by atoms with Crippen molar-refractivity contribution in [3.63, 3.8) is 0 Å². The maximum Gasteiger partial charge on any atom is 0.258 e. The number of ketones is 1. The first-order valence-electron chi connectivity index (χ1n) is 6.87. The van der Waals surface area contributed by atoms with Crippen molar-refractivity contribution in [1.82, 2.24) is 9.97 Å². The number of anilines is 1. The number of thiazole rings is 1. The largest absolute Gasteiger partial charge is 0.322 e. The molecule has 0 bridgehead atoms. The number of pyridine rings is 1. The first-order valence-corrected chi connectivity index (χ1v) is 7.69. The Hall–Kier alpha value is -2.80. The molecule has 116 valence electrons. The molecule has 0 aliphatic rings. The van der Waals surface area contributed by atoms with Gasteiger partial charge < -0.3 is 4.98 Å². The highest BCUT2D eigenvalue weighted by Gasteiger charge is 2.16. The van der Waals surface area contributed by atoms with Gasteiger partial charge in [0, 0.05) is 23.9 Å². The molecule has 23 heavy (non-hydrogen) atoms. The average molecular weight is 327 g/mol. The van der Waals surface area contributed by atoms with Crippen molar-refractivity contribution in [2.45, 2.75) is 13.8 Å². The summed E-state index contributed by atoms with van der Waals surface area (Å²) >= 11 is 1.12. The Bertz CT molecular complexity index is 988. The van der Waals surface area contributed by atoms with Crippen molar-refractivity contribution in [3.05, 3.63) is 56.8 Å². The molecule has 2 aromatic heterocycles. The van der Waals surface area contributed by atoms with Gasteiger partial charge in [0.1, 0.15) is 0 Å². The summed E-state index contributed by atoms with van der Waals surface area (Å²) in [4.78, 5) is 43.0. The molecule has 3 rings (SSSR count). The highest BCUT2D eigenvalue weighted by atomic mass is 32.1. The van der Waals surface area contributed by atoms with Crippen LogP contribution in [-0.2, 0) is 0 Å². The van der Waals surface area contributed by atoms with E-state index in [0.29, 0.717) is 26.6 Å². The maximum atomic E-state index is 12.5. The van der Waals surface area contributed by atoms with Crippen molar-refractivity contribution in [1.29, 1.82) is 0 Å². The van der Waals surface area contributed by atoms with Crippen LogP contribution >= 0.6 is 11.3 Å². The molecule has 2 N–H and O–H groups in total. The number of nitrogens with zero attached hydrogens (tertiary/aromatic N) is 1. The third-order valence-electron chi connectivity index (χ3n) is 3.33. The van der Waals surface area contributed by atoms with E-state index in [1.165, 1.54) is 13.0 Å². The van der Waals surface area contributed by atoms with Crippen LogP contribution < -0.4 is 10.9 Å². The third kappa shape index (κ3) is 2.91. The second-order valence-corrected chi connectivity index (χ2v) is 6.04. The van der Waals surface area contributed by atoms with Gasteiger partial charge in [0.2, 0.25) is 5.56 Å². The fourth-order valence-corrected chi connectivity index (χ4v) is 3.19. The Morgan fingerprint density at radius 3 is 2.70 bits per heavy atom. The summed E-state index contributed by atoms with van der Waals surface area (Å²) in [7, 11) is 0. The molecule has 0 atom stereocenters. The molecule has 7 heteroatoms. The first kappa shape index (κ1) is 15.1. The van der Waals surface area contributed by atoms with Gasteiger partial charge in [-0.05, 0) is 13.0 Å². The number of carbonyl (C=O) groups is 2. The lowest BCUT2D eigenvalue weighted by molar-refractivity contribution is 0.101. The van der Waals surface area contributed by atoms with Gasteiger partial charge in [-0.15, -0.1) is 0 Å². The summed E-state index contributed by atoms with van der Waals surface area (Å²) in [5.74, 6) is -0.529. The van der Waals surface area contributed by atoms with Crippen molar-refractivity contribution in [2.24, 2.45) is 0 Å². The van der Waals surface area contributed by atoms with Crippen LogP contribution in [0.5, 0.6) is 0 Å². The van der Waals surface area contributed by atoms with Crippen LogP contribution in [0.2, 0.25) is 0 Å². The summed E-state index contributed by atoms with van der Waals surface area (Å²) in [6.45, 7) is 3.17. The number of para-hydroxylation sites is 1. The summed E-state index contributed by atoms with van der Waals surface area (Å²) in [6.07, 6.45) is 0. The molecule has 0 saturated heterocycles. The van der Waals surface area contributed by atoms with E-state index in [4.69, 9.17) is 0 Å². The summed E-state index contributed by atoms with van der Waals surface area (Å²) in [5, 5.41) is 3.64. The minimum Gasteiger partial charge on any atom is -0.322 e. The van der Waals surface area contributed by atoms with E-state index in [1.807, 2.05) is 0 Å². The lowest BCUT2D eigenvalue weighted by atomic mass is 10.1. The standard InChI is InChI=1S/C16H13N3O3S/c1-8-14(9(2)20)23-16(17-8)19-15(22)11-7-13(21)18-12-6-4-3-5-10(11)12/h3-7H,1-2H3,(H,18,21)(H,17,19,22). The van der Waals surface area contributed by atoms with Crippen LogP contribution in [0.15, 0.2) is 35.1 Å². The molecular weight excluding hydrogens is 314 g/mol. The number of rotatable bonds is 3. The lowest BCUT2D eigenvalue weighted by Gasteiger charge is -2.05. The number of hydrogen-bond donors (Lipinski definition) is 2. The van der Waals surface area contributed by atoms with Crippen molar-refractivity contribution in [3.8, 4) is 0 Å². The smallest absolute Gasteiger partial charge is 0.258 e. The number of fused-ring (bicyclic) bond motifs is 1. The molecule has 1 amide bonds.